The first kappa shape index (κ1) is 13.5. The van der Waals surface area contributed by atoms with E-state index in [1.807, 2.05) is 18.2 Å². The van der Waals surface area contributed by atoms with Gasteiger partial charge in [0.25, 0.3) is 0 Å². The van der Waals surface area contributed by atoms with Gasteiger partial charge in [0.15, 0.2) is 0 Å². The highest BCUT2D eigenvalue weighted by Gasteiger charge is 2.23. The second-order valence-corrected chi connectivity index (χ2v) is 4.65. The first-order valence-corrected chi connectivity index (χ1v) is 6.38. The summed E-state index contributed by atoms with van der Waals surface area (Å²) >= 11 is 5.97. The molecule has 0 saturated carbocycles. The molecular weight excluding hydrogens is 266 g/mol. The van der Waals surface area contributed by atoms with E-state index in [0.29, 0.717) is 12.2 Å². The monoisotopic (exact) mass is 279 g/mol. The lowest BCUT2D eigenvalue weighted by molar-refractivity contribution is -0.385. The molecule has 0 fully saturated rings. The van der Waals surface area contributed by atoms with Crippen LogP contribution in [0.1, 0.15) is 17.7 Å². The van der Waals surface area contributed by atoms with E-state index in [2.05, 4.69) is 17.2 Å². The molecule has 0 saturated heterocycles. The van der Waals surface area contributed by atoms with Gasteiger partial charge >= 0.3 is 5.69 Å². The first-order valence-electron chi connectivity index (χ1n) is 6.01. The summed E-state index contributed by atoms with van der Waals surface area (Å²) in [6.45, 7) is 2.17. The maximum absolute atomic E-state index is 10.8. The Morgan fingerprint density at radius 3 is 2.63 bits per heavy atom. The molecule has 0 amide bonds. The van der Waals surface area contributed by atoms with Crippen LogP contribution in [-0.2, 0) is 13.0 Å². The summed E-state index contributed by atoms with van der Waals surface area (Å²) in [4.78, 5) is 10.3. The molecule has 0 aliphatic carbocycles. The number of nitrogens with zero attached hydrogens (tertiary/aromatic N) is 3. The van der Waals surface area contributed by atoms with Crippen LogP contribution in [0.3, 0.4) is 0 Å². The molecule has 1 aromatic heterocycles. The van der Waals surface area contributed by atoms with E-state index in [1.54, 1.807) is 6.92 Å². The summed E-state index contributed by atoms with van der Waals surface area (Å²) in [5.41, 5.74) is 1.49. The Morgan fingerprint density at radius 1 is 1.37 bits per heavy atom. The second-order valence-electron chi connectivity index (χ2n) is 4.29. The van der Waals surface area contributed by atoms with Crippen molar-refractivity contribution in [1.29, 1.82) is 0 Å². The van der Waals surface area contributed by atoms with Crippen LogP contribution in [0, 0.1) is 17.0 Å². The molecule has 0 unspecified atom stereocenters. The standard InChI is InChI=1S/C13H14ClN3O2/c1-10-12(17(18)19)13(14)16(15-10)9-5-8-11-6-3-2-4-7-11/h2-4,6-7H,5,8-9H2,1H3. The molecule has 1 aromatic carbocycles. The number of rotatable bonds is 5. The maximum Gasteiger partial charge on any atom is 0.328 e. The molecule has 0 radical (unpaired) electrons. The second kappa shape index (κ2) is 5.84. The molecular formula is C13H14ClN3O2. The molecule has 2 rings (SSSR count). The fourth-order valence-corrected chi connectivity index (χ4v) is 2.31. The largest absolute Gasteiger partial charge is 0.328 e. The molecule has 0 aliphatic heterocycles. The van der Waals surface area contributed by atoms with Gasteiger partial charge in [0.1, 0.15) is 5.69 Å². The van der Waals surface area contributed by atoms with Crippen molar-refractivity contribution in [3.05, 3.63) is 56.9 Å². The summed E-state index contributed by atoms with van der Waals surface area (Å²) in [6.07, 6.45) is 1.73. The van der Waals surface area contributed by atoms with Gasteiger partial charge in [-0.3, -0.25) is 10.1 Å². The third-order valence-corrected chi connectivity index (χ3v) is 3.27. The van der Waals surface area contributed by atoms with Gasteiger partial charge in [0.2, 0.25) is 5.15 Å². The maximum atomic E-state index is 10.8. The van der Waals surface area contributed by atoms with E-state index < -0.39 is 4.92 Å². The summed E-state index contributed by atoms with van der Waals surface area (Å²) < 4.78 is 1.50. The molecule has 5 nitrogen and oxygen atoms in total. The first-order chi connectivity index (χ1) is 9.09. The number of halogens is 1. The van der Waals surface area contributed by atoms with E-state index in [1.165, 1.54) is 10.2 Å². The Labute approximate surface area is 116 Å². The van der Waals surface area contributed by atoms with E-state index >= 15 is 0 Å². The number of aryl methyl sites for hydroxylation is 3. The predicted molar refractivity (Wildman–Crippen MR) is 73.4 cm³/mol. The fourth-order valence-electron chi connectivity index (χ4n) is 1.98. The number of benzene rings is 1. The van der Waals surface area contributed by atoms with Crippen molar-refractivity contribution in [2.75, 3.05) is 0 Å². The van der Waals surface area contributed by atoms with Crippen molar-refractivity contribution < 1.29 is 4.92 Å². The molecule has 1 heterocycles. The molecule has 0 bridgehead atoms. The topological polar surface area (TPSA) is 61.0 Å². The van der Waals surface area contributed by atoms with Gasteiger partial charge in [0, 0.05) is 6.54 Å². The third kappa shape index (κ3) is 3.12. The number of hydrogen-bond donors (Lipinski definition) is 0. The van der Waals surface area contributed by atoms with Crippen LogP contribution >= 0.6 is 11.6 Å². The van der Waals surface area contributed by atoms with Gasteiger partial charge in [-0.05, 0) is 25.3 Å². The van der Waals surface area contributed by atoms with Crippen LogP contribution in [0.2, 0.25) is 5.15 Å². The lowest BCUT2D eigenvalue weighted by atomic mass is 10.1. The molecule has 6 heteroatoms. The Bertz CT molecular complexity index is 581. The van der Waals surface area contributed by atoms with Crippen LogP contribution < -0.4 is 0 Å². The van der Waals surface area contributed by atoms with Gasteiger partial charge in [-0.1, -0.05) is 41.9 Å². The normalized spacial score (nSPS) is 10.6. The zero-order valence-electron chi connectivity index (χ0n) is 10.5. The number of nitro groups is 1. The predicted octanol–water partition coefficient (Wildman–Crippen LogP) is 3.39. The molecule has 0 N–H and O–H groups in total. The van der Waals surface area contributed by atoms with E-state index in [4.69, 9.17) is 11.6 Å². The van der Waals surface area contributed by atoms with Crippen molar-refractivity contribution in [3.8, 4) is 0 Å². The average molecular weight is 280 g/mol. The molecule has 0 atom stereocenters. The molecule has 100 valence electrons. The summed E-state index contributed by atoms with van der Waals surface area (Å²) in [6, 6.07) is 10.1. The third-order valence-electron chi connectivity index (χ3n) is 2.90. The molecule has 19 heavy (non-hydrogen) atoms. The van der Waals surface area contributed by atoms with Crippen LogP contribution in [0.15, 0.2) is 30.3 Å². The van der Waals surface area contributed by atoms with Crippen molar-refractivity contribution in [2.24, 2.45) is 0 Å². The minimum atomic E-state index is -0.488. The summed E-state index contributed by atoms with van der Waals surface area (Å²) in [5.74, 6) is 0. The van der Waals surface area contributed by atoms with Crippen molar-refractivity contribution in [1.82, 2.24) is 9.78 Å². The zero-order valence-corrected chi connectivity index (χ0v) is 11.3. The van der Waals surface area contributed by atoms with Crippen LogP contribution in [0.25, 0.3) is 0 Å². The SMILES string of the molecule is Cc1nn(CCCc2ccccc2)c(Cl)c1[N+](=O)[O-]. The zero-order chi connectivity index (χ0) is 13.8. The Morgan fingerprint density at radius 2 is 2.05 bits per heavy atom. The quantitative estimate of drug-likeness (QED) is 0.622. The minimum absolute atomic E-state index is 0.0959. The minimum Gasteiger partial charge on any atom is -0.258 e. The summed E-state index contributed by atoms with van der Waals surface area (Å²) in [7, 11) is 0. The van der Waals surface area contributed by atoms with E-state index in [-0.39, 0.29) is 10.8 Å². The Balaban J connectivity index is 2.01. The van der Waals surface area contributed by atoms with Gasteiger partial charge in [0.05, 0.1) is 4.92 Å². The lowest BCUT2D eigenvalue weighted by Gasteiger charge is -2.03. The molecule has 0 spiro atoms. The smallest absolute Gasteiger partial charge is 0.258 e. The van der Waals surface area contributed by atoms with E-state index in [0.717, 1.165) is 12.8 Å². The number of aromatic nitrogens is 2. The molecule has 0 aliphatic rings. The number of hydrogen-bond acceptors (Lipinski definition) is 3. The van der Waals surface area contributed by atoms with Crippen molar-refractivity contribution in [3.63, 3.8) is 0 Å². The lowest BCUT2D eigenvalue weighted by Crippen LogP contribution is -2.02. The van der Waals surface area contributed by atoms with Gasteiger partial charge < -0.3 is 0 Å². The van der Waals surface area contributed by atoms with Crippen molar-refractivity contribution in [2.45, 2.75) is 26.3 Å². The van der Waals surface area contributed by atoms with Gasteiger partial charge in [-0.2, -0.15) is 5.10 Å². The fraction of sp³-hybridized carbons (Fsp3) is 0.308. The van der Waals surface area contributed by atoms with Crippen molar-refractivity contribution >= 4 is 17.3 Å². The Hall–Kier alpha value is -1.88. The molecule has 2 aromatic rings. The Kier molecular flexibility index (Phi) is 4.16. The highest BCUT2D eigenvalue weighted by atomic mass is 35.5. The van der Waals surface area contributed by atoms with Gasteiger partial charge in [-0.15, -0.1) is 0 Å². The van der Waals surface area contributed by atoms with E-state index in [9.17, 15) is 10.1 Å². The van der Waals surface area contributed by atoms with Gasteiger partial charge in [-0.25, -0.2) is 4.68 Å². The van der Waals surface area contributed by atoms with Crippen LogP contribution in [0.5, 0.6) is 0 Å². The highest BCUT2D eigenvalue weighted by Crippen LogP contribution is 2.27. The van der Waals surface area contributed by atoms with Crippen LogP contribution in [-0.4, -0.2) is 14.7 Å². The summed E-state index contributed by atoms with van der Waals surface area (Å²) in [5, 5.41) is 15.0. The average Bonchev–Trinajstić information content (AvgIpc) is 2.66. The van der Waals surface area contributed by atoms with Crippen LogP contribution in [0.4, 0.5) is 5.69 Å². The highest BCUT2D eigenvalue weighted by molar-refractivity contribution is 6.31.